The van der Waals surface area contributed by atoms with Crippen molar-refractivity contribution in [1.82, 2.24) is 10.3 Å². The van der Waals surface area contributed by atoms with E-state index >= 15 is 0 Å². The molecule has 1 atom stereocenters. The number of amides is 1. The van der Waals surface area contributed by atoms with Crippen molar-refractivity contribution in [2.24, 2.45) is 0 Å². The maximum atomic E-state index is 12.1. The number of aliphatic carboxylic acids is 1. The summed E-state index contributed by atoms with van der Waals surface area (Å²) in [5.41, 5.74) is 1.21. The number of benzene rings is 1. The Morgan fingerprint density at radius 3 is 2.83 bits per heavy atom. The smallest absolute Gasteiger partial charge is 0.334 e. The average Bonchev–Trinajstić information content (AvgIpc) is 2.99. The van der Waals surface area contributed by atoms with Crippen LogP contribution in [0.4, 0.5) is 0 Å². The van der Waals surface area contributed by atoms with Gasteiger partial charge in [0.2, 0.25) is 0 Å². The average molecular weight is 350 g/mol. The highest BCUT2D eigenvalue weighted by Gasteiger charge is 2.17. The molecule has 1 aromatic carbocycles. The van der Waals surface area contributed by atoms with Gasteiger partial charge in [-0.1, -0.05) is 6.07 Å². The van der Waals surface area contributed by atoms with E-state index in [0.29, 0.717) is 17.9 Å². The third kappa shape index (κ3) is 5.04. The van der Waals surface area contributed by atoms with Gasteiger partial charge in [-0.05, 0) is 25.1 Å². The highest BCUT2D eigenvalue weighted by Crippen LogP contribution is 2.16. The van der Waals surface area contributed by atoms with Crippen LogP contribution in [0.15, 0.2) is 29.6 Å². The molecule has 1 aromatic heterocycles. The maximum Gasteiger partial charge on any atom is 0.334 e. The Kier molecular flexibility index (Phi) is 6.28. The molecule has 2 aromatic rings. The molecule has 0 aliphatic carbocycles. The number of hydrogen-bond acceptors (Lipinski definition) is 6. The Morgan fingerprint density at radius 2 is 2.21 bits per heavy atom. The number of hydrogen-bond donors (Lipinski definition) is 2. The molecular weight excluding hydrogens is 332 g/mol. The van der Waals surface area contributed by atoms with Gasteiger partial charge in [-0.25, -0.2) is 9.78 Å². The van der Waals surface area contributed by atoms with Crippen molar-refractivity contribution in [3.05, 3.63) is 45.9 Å². The second kappa shape index (κ2) is 8.42. The first kappa shape index (κ1) is 17.9. The van der Waals surface area contributed by atoms with Gasteiger partial charge in [0.1, 0.15) is 12.4 Å². The van der Waals surface area contributed by atoms with Gasteiger partial charge in [-0.15, -0.1) is 11.3 Å². The number of aromatic nitrogens is 1. The normalized spacial score (nSPS) is 11.8. The monoisotopic (exact) mass is 350 g/mol. The van der Waals surface area contributed by atoms with Crippen molar-refractivity contribution in [1.29, 1.82) is 0 Å². The van der Waals surface area contributed by atoms with Crippen LogP contribution in [0.25, 0.3) is 0 Å². The third-order valence-corrected chi connectivity index (χ3v) is 3.98. The van der Waals surface area contributed by atoms with Gasteiger partial charge in [0.25, 0.3) is 5.91 Å². The van der Waals surface area contributed by atoms with Crippen LogP contribution in [0.3, 0.4) is 0 Å². The number of methoxy groups -OCH3 is 1. The molecule has 7 nitrogen and oxygen atoms in total. The number of carbonyl (C=O) groups is 2. The summed E-state index contributed by atoms with van der Waals surface area (Å²) >= 11 is 1.55. The fraction of sp³-hybridized carbons (Fsp3) is 0.312. The molecule has 1 amide bonds. The Morgan fingerprint density at radius 1 is 1.42 bits per heavy atom. The second-order valence-electron chi connectivity index (χ2n) is 4.95. The van der Waals surface area contributed by atoms with E-state index in [2.05, 4.69) is 10.3 Å². The summed E-state index contributed by atoms with van der Waals surface area (Å²) in [6.07, 6.45) is -1.08. The van der Waals surface area contributed by atoms with Crippen molar-refractivity contribution in [3.63, 3.8) is 0 Å². The number of thiazole rings is 1. The highest BCUT2D eigenvalue weighted by molar-refractivity contribution is 7.09. The predicted octanol–water partition coefficient (Wildman–Crippen LogP) is 1.86. The van der Waals surface area contributed by atoms with E-state index in [-0.39, 0.29) is 6.54 Å². The largest absolute Gasteiger partial charge is 0.487 e. The fourth-order valence-electron chi connectivity index (χ4n) is 1.92. The predicted molar refractivity (Wildman–Crippen MR) is 88.4 cm³/mol. The van der Waals surface area contributed by atoms with Gasteiger partial charge in [0.15, 0.2) is 6.10 Å². The topological polar surface area (TPSA) is 97.8 Å². The lowest BCUT2D eigenvalue weighted by molar-refractivity contribution is -0.148. The van der Waals surface area contributed by atoms with Crippen LogP contribution in [0, 0.1) is 6.92 Å². The van der Waals surface area contributed by atoms with E-state index in [1.165, 1.54) is 7.11 Å². The Hall–Kier alpha value is -2.45. The molecule has 2 rings (SSSR count). The number of carboxylic acids is 1. The zero-order chi connectivity index (χ0) is 17.5. The van der Waals surface area contributed by atoms with Crippen molar-refractivity contribution >= 4 is 23.2 Å². The van der Waals surface area contributed by atoms with Gasteiger partial charge in [0.05, 0.1) is 17.2 Å². The maximum absolute atomic E-state index is 12.1. The van der Waals surface area contributed by atoms with E-state index in [4.69, 9.17) is 14.6 Å². The molecule has 0 radical (unpaired) electrons. The summed E-state index contributed by atoms with van der Waals surface area (Å²) in [7, 11) is 1.28. The van der Waals surface area contributed by atoms with E-state index in [1.807, 2.05) is 12.3 Å². The van der Waals surface area contributed by atoms with Crippen LogP contribution < -0.4 is 10.1 Å². The first-order valence-electron chi connectivity index (χ1n) is 7.17. The molecule has 0 aliphatic rings. The molecule has 2 N–H and O–H groups in total. The van der Waals surface area contributed by atoms with Gasteiger partial charge in [-0.3, -0.25) is 4.79 Å². The molecule has 0 spiro atoms. The quantitative estimate of drug-likeness (QED) is 0.754. The first-order chi connectivity index (χ1) is 11.5. The molecule has 0 bridgehead atoms. The number of carboxylic acid groups (broad SMARTS) is 1. The number of aryl methyl sites for hydroxylation is 1. The molecular formula is C16H18N2O5S. The number of carbonyl (C=O) groups excluding carboxylic acids is 1. The highest BCUT2D eigenvalue weighted by atomic mass is 32.1. The second-order valence-corrected chi connectivity index (χ2v) is 6.01. The molecule has 24 heavy (non-hydrogen) atoms. The Labute approximate surface area is 143 Å². The van der Waals surface area contributed by atoms with Crippen LogP contribution in [-0.4, -0.2) is 41.7 Å². The zero-order valence-corrected chi connectivity index (χ0v) is 14.1. The standard InChI is InChI=1S/C16H18N2O5S/c1-10-18-12(9-24-10)8-23-13-5-3-4-11(6-13)15(19)17-7-14(22-2)16(20)21/h3-6,9,14H,7-8H2,1-2H3,(H,17,19)(H,20,21). The lowest BCUT2D eigenvalue weighted by atomic mass is 10.2. The molecule has 1 unspecified atom stereocenters. The molecule has 0 saturated heterocycles. The zero-order valence-electron chi connectivity index (χ0n) is 13.3. The molecule has 0 saturated carbocycles. The van der Waals surface area contributed by atoms with Crippen LogP contribution in [0.5, 0.6) is 5.75 Å². The SMILES string of the molecule is COC(CNC(=O)c1cccc(OCc2csc(C)n2)c1)C(=O)O. The first-order valence-corrected chi connectivity index (χ1v) is 8.05. The Balaban J connectivity index is 1.93. The van der Waals surface area contributed by atoms with Crippen LogP contribution in [0.2, 0.25) is 0 Å². The summed E-state index contributed by atoms with van der Waals surface area (Å²) in [5.74, 6) is -0.989. The van der Waals surface area contributed by atoms with Crippen molar-refractivity contribution in [2.45, 2.75) is 19.6 Å². The molecule has 0 fully saturated rings. The minimum atomic E-state index is -1.13. The van der Waals surface area contributed by atoms with Crippen molar-refractivity contribution in [2.75, 3.05) is 13.7 Å². The van der Waals surface area contributed by atoms with Crippen LogP contribution >= 0.6 is 11.3 Å². The summed E-state index contributed by atoms with van der Waals surface area (Å²) in [6.45, 7) is 2.12. The third-order valence-electron chi connectivity index (χ3n) is 3.16. The summed E-state index contributed by atoms with van der Waals surface area (Å²) in [5, 5.41) is 14.3. The van der Waals surface area contributed by atoms with Crippen LogP contribution in [-0.2, 0) is 16.1 Å². The summed E-state index contributed by atoms with van der Waals surface area (Å²) in [6, 6.07) is 6.65. The van der Waals surface area contributed by atoms with Gasteiger partial charge in [0, 0.05) is 18.1 Å². The molecule has 8 heteroatoms. The van der Waals surface area contributed by atoms with Gasteiger partial charge >= 0.3 is 5.97 Å². The van der Waals surface area contributed by atoms with Crippen LogP contribution in [0.1, 0.15) is 21.1 Å². The number of nitrogens with zero attached hydrogens (tertiary/aromatic N) is 1. The molecule has 1 heterocycles. The lowest BCUT2D eigenvalue weighted by Gasteiger charge is -2.12. The summed E-state index contributed by atoms with van der Waals surface area (Å²) in [4.78, 5) is 27.2. The van der Waals surface area contributed by atoms with E-state index in [1.54, 1.807) is 35.6 Å². The van der Waals surface area contributed by atoms with Gasteiger partial charge in [-0.2, -0.15) is 0 Å². The Bertz CT molecular complexity index is 716. The van der Waals surface area contributed by atoms with E-state index in [9.17, 15) is 9.59 Å². The number of nitrogens with one attached hydrogen (secondary N) is 1. The van der Waals surface area contributed by atoms with E-state index in [0.717, 1.165) is 10.7 Å². The number of rotatable bonds is 8. The molecule has 0 aliphatic heterocycles. The van der Waals surface area contributed by atoms with Gasteiger partial charge < -0.3 is 19.9 Å². The van der Waals surface area contributed by atoms with Crippen molar-refractivity contribution in [3.8, 4) is 5.75 Å². The fourth-order valence-corrected chi connectivity index (χ4v) is 2.52. The van der Waals surface area contributed by atoms with E-state index < -0.39 is 18.0 Å². The minimum Gasteiger partial charge on any atom is -0.487 e. The summed E-state index contributed by atoms with van der Waals surface area (Å²) < 4.78 is 10.4. The number of ether oxygens (including phenoxy) is 2. The molecule has 128 valence electrons. The lowest BCUT2D eigenvalue weighted by Crippen LogP contribution is -2.37. The minimum absolute atomic E-state index is 0.117. The van der Waals surface area contributed by atoms with Crippen molar-refractivity contribution < 1.29 is 24.2 Å².